The van der Waals surface area contributed by atoms with Gasteiger partial charge in [0, 0.05) is 0 Å². The largest absolute Gasteiger partial charge is 0.483 e. The van der Waals surface area contributed by atoms with Crippen molar-refractivity contribution in [2.24, 2.45) is 5.73 Å². The fraction of sp³-hybridized carbons (Fsp3) is 0.500. The van der Waals surface area contributed by atoms with E-state index in [4.69, 9.17) is 10.1 Å². The van der Waals surface area contributed by atoms with Crippen molar-refractivity contribution >= 4 is 5.91 Å². The Balaban J connectivity index is 0. The van der Waals surface area contributed by atoms with E-state index in [1.807, 2.05) is 0 Å². The summed E-state index contributed by atoms with van der Waals surface area (Å²) in [6.45, 7) is 0. The number of nitriles is 1. The molecule has 76 valence electrons. The first-order chi connectivity index (χ1) is 5.50. The van der Waals surface area contributed by atoms with Crippen LogP contribution in [0.25, 0.3) is 0 Å². The molecule has 0 aliphatic heterocycles. The second kappa shape index (κ2) is 4.54. The molecule has 0 atom stereocenters. The van der Waals surface area contributed by atoms with E-state index >= 15 is 0 Å². The highest BCUT2D eigenvalue weighted by molar-refractivity contribution is 5.79. The van der Waals surface area contributed by atoms with Gasteiger partial charge in [0.1, 0.15) is 0 Å². The maximum Gasteiger partial charge on any atom is 0.483 e. The molecule has 0 rings (SSSR count). The van der Waals surface area contributed by atoms with Crippen LogP contribution in [0.5, 0.6) is 0 Å². The number of nitrogens with two attached hydrogens (primary N) is 1. The molecule has 0 unspecified atom stereocenters. The summed E-state index contributed by atoms with van der Waals surface area (Å²) < 4.78 is 63.4. The molecule has 0 heterocycles. The zero-order valence-electron chi connectivity index (χ0n) is 5.70. The number of amides is 1. The predicted octanol–water partition coefficient (Wildman–Crippen LogP) is 1.11. The van der Waals surface area contributed by atoms with Crippen LogP contribution >= 0.6 is 0 Å². The molecule has 0 spiro atoms. The Hall–Kier alpha value is -1.46. The summed E-state index contributed by atoms with van der Waals surface area (Å²) in [4.78, 5) is 9.12. The molecular weight excluding hydrogens is 206 g/mol. The third-order valence-corrected chi connectivity index (χ3v) is 0.406. The number of nitrogens with zero attached hydrogens (tertiary/aromatic N) is 1. The minimum atomic E-state index is -4.86. The van der Waals surface area contributed by atoms with Gasteiger partial charge in [0.15, 0.2) is 6.07 Å². The number of hydrogen-bond acceptors (Lipinski definition) is 2. The van der Waals surface area contributed by atoms with E-state index in [1.54, 1.807) is 0 Å². The summed E-state index contributed by atoms with van der Waals surface area (Å²) in [5.74, 6) is -2.26. The molecule has 0 bridgehead atoms. The zero-order chi connectivity index (χ0) is 11.3. The second-order valence-corrected chi connectivity index (χ2v) is 1.47. The van der Waals surface area contributed by atoms with E-state index in [0.29, 0.717) is 0 Å². The smallest absolute Gasteiger partial charge is 0.362 e. The van der Waals surface area contributed by atoms with Crippen LogP contribution < -0.4 is 5.73 Å². The van der Waals surface area contributed by atoms with Gasteiger partial charge in [-0.2, -0.15) is 31.6 Å². The van der Waals surface area contributed by atoms with Crippen molar-refractivity contribution in [1.29, 1.82) is 5.26 Å². The van der Waals surface area contributed by atoms with E-state index in [1.165, 1.54) is 0 Å². The summed E-state index contributed by atoms with van der Waals surface area (Å²) in [5, 5.41) is 7.03. The second-order valence-electron chi connectivity index (χ2n) is 1.47. The van der Waals surface area contributed by atoms with Gasteiger partial charge in [-0.05, 0) is 0 Å². The monoisotopic (exact) mass is 208 g/mol. The van der Waals surface area contributed by atoms with Gasteiger partial charge in [0.25, 0.3) is 0 Å². The minimum absolute atomic E-state index is 0.104. The molecule has 1 amide bonds. The van der Waals surface area contributed by atoms with Crippen LogP contribution in [-0.4, -0.2) is 18.3 Å². The van der Waals surface area contributed by atoms with E-state index in [0.717, 1.165) is 0 Å². The van der Waals surface area contributed by atoms with Gasteiger partial charge in [-0.25, -0.2) is 0 Å². The summed E-state index contributed by atoms with van der Waals surface area (Å²) in [7, 11) is 0. The third kappa shape index (κ3) is 13.5. The van der Waals surface area contributed by atoms with Crippen molar-refractivity contribution in [3.05, 3.63) is 0 Å². The highest BCUT2D eigenvalue weighted by Crippen LogP contribution is 2.12. The van der Waals surface area contributed by atoms with E-state index < -0.39 is 18.3 Å². The predicted molar refractivity (Wildman–Crippen MR) is 26.9 cm³/mol. The van der Waals surface area contributed by atoms with Crippen LogP contribution in [0.1, 0.15) is 0 Å². The fourth-order valence-corrected chi connectivity index (χ4v) is 0. The molecule has 0 fully saturated rings. The molecule has 13 heavy (non-hydrogen) atoms. The Morgan fingerprint density at radius 3 is 1.31 bits per heavy atom. The van der Waals surface area contributed by atoms with Gasteiger partial charge in [-0.15, -0.1) is 0 Å². The number of carbonyl (C=O) groups is 1. The van der Waals surface area contributed by atoms with Gasteiger partial charge in [0.2, 0.25) is 0 Å². The molecule has 0 radical (unpaired) electrons. The molecule has 0 aromatic heterocycles. The summed E-state index contributed by atoms with van der Waals surface area (Å²) >= 11 is 0. The van der Waals surface area contributed by atoms with Crippen LogP contribution in [0.15, 0.2) is 0 Å². The van der Waals surface area contributed by atoms with E-state index in [2.05, 4.69) is 5.73 Å². The Morgan fingerprint density at radius 1 is 1.15 bits per heavy atom. The third-order valence-electron chi connectivity index (χ3n) is 0.406. The zero-order valence-corrected chi connectivity index (χ0v) is 5.70. The molecule has 0 aliphatic carbocycles. The Morgan fingerprint density at radius 2 is 1.31 bits per heavy atom. The van der Waals surface area contributed by atoms with Gasteiger partial charge in [-0.1, -0.05) is 0 Å². The first-order valence-electron chi connectivity index (χ1n) is 2.35. The minimum Gasteiger partial charge on any atom is -0.362 e. The molecule has 3 nitrogen and oxygen atoms in total. The van der Waals surface area contributed by atoms with Crippen LogP contribution in [0, 0.1) is 11.3 Å². The first kappa shape index (κ1) is 14.1. The van der Waals surface area contributed by atoms with Crippen molar-refractivity contribution < 1.29 is 31.1 Å². The lowest BCUT2D eigenvalue weighted by atomic mass is 10.6. The van der Waals surface area contributed by atoms with Crippen molar-refractivity contribution in [1.82, 2.24) is 0 Å². The molecule has 0 saturated carbocycles. The Bertz CT molecular complexity index is 210. The van der Waals surface area contributed by atoms with Crippen LogP contribution in [0.2, 0.25) is 0 Å². The number of alkyl halides is 6. The number of hydrogen-bond donors (Lipinski definition) is 1. The standard InChI is InChI=1S/C2H2F3NO.C2F3N/c3-2(4,5)1(6)7;3-2(4,5)1-6/h(H2,6,7);. The van der Waals surface area contributed by atoms with E-state index in [9.17, 15) is 26.3 Å². The number of rotatable bonds is 0. The van der Waals surface area contributed by atoms with Crippen LogP contribution in [-0.2, 0) is 4.79 Å². The highest BCUT2D eigenvalue weighted by Gasteiger charge is 2.35. The van der Waals surface area contributed by atoms with Crippen molar-refractivity contribution in [3.63, 3.8) is 0 Å². The maximum absolute atomic E-state index is 10.7. The average molecular weight is 208 g/mol. The highest BCUT2D eigenvalue weighted by atomic mass is 19.4. The quantitative estimate of drug-likeness (QED) is 0.605. The number of carbonyl (C=O) groups excluding carboxylic acids is 1. The molecule has 0 aromatic rings. The number of primary amides is 1. The molecule has 9 heteroatoms. The number of halogens is 6. The Kier molecular flexibility index (Phi) is 4.92. The summed E-state index contributed by atoms with van der Waals surface area (Å²) in [6.07, 6.45) is -9.51. The van der Waals surface area contributed by atoms with Crippen molar-refractivity contribution in [3.8, 4) is 6.07 Å². The normalized spacial score (nSPS) is 10.8. The summed E-state index contributed by atoms with van der Waals surface area (Å²) in [5.41, 5.74) is 3.81. The maximum atomic E-state index is 10.7. The van der Waals surface area contributed by atoms with Crippen LogP contribution in [0.3, 0.4) is 0 Å². The lowest BCUT2D eigenvalue weighted by Crippen LogP contribution is -2.30. The topological polar surface area (TPSA) is 66.9 Å². The molecule has 0 aliphatic rings. The summed E-state index contributed by atoms with van der Waals surface area (Å²) in [6, 6.07) is 0.104. The molecule has 0 saturated heterocycles. The van der Waals surface area contributed by atoms with Gasteiger partial charge < -0.3 is 5.73 Å². The van der Waals surface area contributed by atoms with Crippen LogP contribution in [0.4, 0.5) is 26.3 Å². The van der Waals surface area contributed by atoms with Crippen molar-refractivity contribution in [2.75, 3.05) is 0 Å². The fourth-order valence-electron chi connectivity index (χ4n) is 0. The van der Waals surface area contributed by atoms with Gasteiger partial charge in [-0.3, -0.25) is 4.79 Å². The molecule has 2 N–H and O–H groups in total. The SMILES string of the molecule is N#CC(F)(F)F.NC(=O)C(F)(F)F. The average Bonchev–Trinajstić information content (AvgIpc) is 1.85. The first-order valence-corrected chi connectivity index (χ1v) is 2.35. The molecule has 0 aromatic carbocycles. The lowest BCUT2D eigenvalue weighted by Gasteiger charge is -1.95. The lowest BCUT2D eigenvalue weighted by molar-refractivity contribution is -0.169. The Labute approximate surface area is 67.7 Å². The van der Waals surface area contributed by atoms with Gasteiger partial charge >= 0.3 is 18.3 Å². The van der Waals surface area contributed by atoms with E-state index in [-0.39, 0.29) is 6.07 Å². The molecular formula is C4H2F6N2O. The van der Waals surface area contributed by atoms with Crippen molar-refractivity contribution in [2.45, 2.75) is 12.4 Å². The van der Waals surface area contributed by atoms with Gasteiger partial charge in [0.05, 0.1) is 0 Å².